The molecular weight excluding hydrogens is 248 g/mol. The number of hydrogen-bond acceptors (Lipinski definition) is 3. The van der Waals surface area contributed by atoms with Crippen molar-refractivity contribution in [3.05, 3.63) is 0 Å². The van der Waals surface area contributed by atoms with Crippen molar-refractivity contribution in [1.29, 1.82) is 0 Å². The number of sulfone groups is 1. The maximum absolute atomic E-state index is 12.1. The average Bonchev–Trinajstić information content (AvgIpc) is 2.14. The zero-order chi connectivity index (χ0) is 11.9. The molecule has 0 aliphatic carbocycles. The van der Waals surface area contributed by atoms with Crippen LogP contribution in [0.2, 0.25) is 0 Å². The zero-order valence-electron chi connectivity index (χ0n) is 8.63. The van der Waals surface area contributed by atoms with Gasteiger partial charge in [0.25, 0.3) is 6.43 Å². The Morgan fingerprint density at radius 2 is 1.93 bits per heavy atom. The molecule has 92 valence electrons. The van der Waals surface area contributed by atoms with Gasteiger partial charge in [0.05, 0.1) is 12.3 Å². The van der Waals surface area contributed by atoms with E-state index in [1.54, 1.807) is 0 Å². The van der Waals surface area contributed by atoms with Crippen molar-refractivity contribution < 1.29 is 17.2 Å². The highest BCUT2D eigenvalue weighted by Gasteiger charge is 2.15. The summed E-state index contributed by atoms with van der Waals surface area (Å²) in [7, 11) is -3.10. The van der Waals surface area contributed by atoms with Gasteiger partial charge in [-0.1, -0.05) is 6.92 Å². The molecule has 0 saturated carbocycles. The summed E-state index contributed by atoms with van der Waals surface area (Å²) in [6.45, 7) is 1.51. The zero-order valence-corrected chi connectivity index (χ0v) is 10.2. The van der Waals surface area contributed by atoms with Crippen molar-refractivity contribution in [3.8, 4) is 0 Å². The Morgan fingerprint density at radius 3 is 2.33 bits per heavy atom. The highest BCUT2D eigenvalue weighted by molar-refractivity contribution is 7.91. The Hall–Kier alpha value is 0.0600. The lowest BCUT2D eigenvalue weighted by atomic mass is 10.5. The summed E-state index contributed by atoms with van der Waals surface area (Å²) in [6, 6.07) is 0. The maximum Gasteiger partial charge on any atom is 0.251 e. The number of rotatable bonds is 8. The minimum absolute atomic E-state index is 0.0381. The first-order chi connectivity index (χ1) is 6.91. The van der Waals surface area contributed by atoms with E-state index in [1.165, 1.54) is 11.8 Å². The van der Waals surface area contributed by atoms with Crippen molar-refractivity contribution in [3.63, 3.8) is 0 Å². The summed E-state index contributed by atoms with van der Waals surface area (Å²) in [5.41, 5.74) is 0. The molecular formula is C8H16ClF2NO2S. The van der Waals surface area contributed by atoms with Crippen LogP contribution in [0, 0.1) is 0 Å². The quantitative estimate of drug-likeness (QED) is 0.618. The van der Waals surface area contributed by atoms with Gasteiger partial charge >= 0.3 is 0 Å². The maximum atomic E-state index is 12.1. The van der Waals surface area contributed by atoms with E-state index in [2.05, 4.69) is 0 Å². The van der Waals surface area contributed by atoms with Crippen LogP contribution in [-0.4, -0.2) is 56.8 Å². The fraction of sp³-hybridized carbons (Fsp3) is 1.00. The predicted molar refractivity (Wildman–Crippen MR) is 57.5 cm³/mol. The van der Waals surface area contributed by atoms with Crippen LogP contribution in [0.5, 0.6) is 0 Å². The van der Waals surface area contributed by atoms with E-state index in [1.807, 2.05) is 0 Å². The van der Waals surface area contributed by atoms with Gasteiger partial charge in [0.2, 0.25) is 0 Å². The van der Waals surface area contributed by atoms with Gasteiger partial charge in [-0.3, -0.25) is 4.90 Å². The molecule has 0 heterocycles. The van der Waals surface area contributed by atoms with Crippen molar-refractivity contribution in [1.82, 2.24) is 4.90 Å². The highest BCUT2D eigenvalue weighted by Crippen LogP contribution is 2.00. The molecule has 0 atom stereocenters. The molecule has 0 spiro atoms. The standard InChI is InChI=1S/C8H16ClF2NO2S/c1-2-15(13,14)6-5-12(4-3-9)7-8(10)11/h8H,2-7H2,1H3. The van der Waals surface area contributed by atoms with Gasteiger partial charge < -0.3 is 0 Å². The van der Waals surface area contributed by atoms with Crippen LogP contribution in [0.25, 0.3) is 0 Å². The monoisotopic (exact) mass is 263 g/mol. The van der Waals surface area contributed by atoms with Crippen LogP contribution in [0.1, 0.15) is 6.92 Å². The summed E-state index contributed by atoms with van der Waals surface area (Å²) < 4.78 is 46.4. The molecule has 0 amide bonds. The Bertz CT molecular complexity index is 259. The van der Waals surface area contributed by atoms with E-state index < -0.39 is 22.8 Å². The summed E-state index contributed by atoms with van der Waals surface area (Å²) in [4.78, 5) is 1.37. The number of halogens is 3. The van der Waals surface area contributed by atoms with Gasteiger partial charge in [-0.05, 0) is 0 Å². The molecule has 7 heteroatoms. The van der Waals surface area contributed by atoms with Gasteiger partial charge in [-0.25, -0.2) is 17.2 Å². The summed E-state index contributed by atoms with van der Waals surface area (Å²) >= 11 is 5.43. The third kappa shape index (κ3) is 7.93. The van der Waals surface area contributed by atoms with Crippen molar-refractivity contribution in [2.75, 3.05) is 37.0 Å². The third-order valence-corrected chi connectivity index (χ3v) is 3.81. The van der Waals surface area contributed by atoms with E-state index in [9.17, 15) is 17.2 Å². The topological polar surface area (TPSA) is 37.4 Å². The summed E-state index contributed by atoms with van der Waals surface area (Å²) in [6.07, 6.45) is -2.46. The van der Waals surface area contributed by atoms with E-state index in [-0.39, 0.29) is 30.5 Å². The normalized spacial score (nSPS) is 12.7. The first kappa shape index (κ1) is 15.1. The molecule has 0 N–H and O–H groups in total. The summed E-state index contributed by atoms with van der Waals surface area (Å²) in [5.74, 6) is 0.169. The molecule has 0 radical (unpaired) electrons. The number of nitrogens with zero attached hydrogens (tertiary/aromatic N) is 1. The van der Waals surface area contributed by atoms with Gasteiger partial charge in [0, 0.05) is 24.7 Å². The molecule has 0 aromatic carbocycles. The second kappa shape index (κ2) is 7.35. The number of alkyl halides is 3. The van der Waals surface area contributed by atoms with Crippen LogP contribution >= 0.6 is 11.6 Å². The van der Waals surface area contributed by atoms with Crippen molar-refractivity contribution in [2.24, 2.45) is 0 Å². The molecule has 0 fully saturated rings. The first-order valence-electron chi connectivity index (χ1n) is 4.68. The van der Waals surface area contributed by atoms with Crippen LogP contribution in [0.15, 0.2) is 0 Å². The molecule has 0 aliphatic heterocycles. The van der Waals surface area contributed by atoms with Crippen molar-refractivity contribution >= 4 is 21.4 Å². The van der Waals surface area contributed by atoms with Crippen LogP contribution in [0.3, 0.4) is 0 Å². The Labute approximate surface area is 94.3 Å². The molecule has 0 aromatic rings. The van der Waals surface area contributed by atoms with Gasteiger partial charge in [-0.2, -0.15) is 0 Å². The Morgan fingerprint density at radius 1 is 1.33 bits per heavy atom. The molecule has 0 bridgehead atoms. The second-order valence-corrected chi connectivity index (χ2v) is 5.97. The lowest BCUT2D eigenvalue weighted by molar-refractivity contribution is 0.0940. The molecule has 15 heavy (non-hydrogen) atoms. The fourth-order valence-corrected chi connectivity index (χ4v) is 2.09. The van der Waals surface area contributed by atoms with Crippen LogP contribution in [0.4, 0.5) is 8.78 Å². The van der Waals surface area contributed by atoms with Crippen molar-refractivity contribution in [2.45, 2.75) is 13.3 Å². The second-order valence-electron chi connectivity index (χ2n) is 3.12. The van der Waals surface area contributed by atoms with Gasteiger partial charge in [0.1, 0.15) is 0 Å². The molecule has 0 aromatic heterocycles. The minimum Gasteiger partial charge on any atom is -0.296 e. The summed E-state index contributed by atoms with van der Waals surface area (Å²) in [5, 5.41) is 0. The Balaban J connectivity index is 4.06. The fourth-order valence-electron chi connectivity index (χ4n) is 1.02. The lowest BCUT2D eigenvalue weighted by Gasteiger charge is -2.20. The predicted octanol–water partition coefficient (Wildman–Crippen LogP) is 1.23. The Kier molecular flexibility index (Phi) is 7.38. The van der Waals surface area contributed by atoms with Crippen LogP contribution in [-0.2, 0) is 9.84 Å². The molecule has 0 rings (SSSR count). The smallest absolute Gasteiger partial charge is 0.251 e. The molecule has 3 nitrogen and oxygen atoms in total. The number of hydrogen-bond donors (Lipinski definition) is 0. The lowest BCUT2D eigenvalue weighted by Crippen LogP contribution is -2.35. The van der Waals surface area contributed by atoms with E-state index >= 15 is 0 Å². The first-order valence-corrected chi connectivity index (χ1v) is 7.03. The average molecular weight is 264 g/mol. The third-order valence-electron chi connectivity index (χ3n) is 1.96. The van der Waals surface area contributed by atoms with E-state index in [0.29, 0.717) is 0 Å². The van der Waals surface area contributed by atoms with Gasteiger partial charge in [0.15, 0.2) is 9.84 Å². The molecule has 0 unspecified atom stereocenters. The largest absolute Gasteiger partial charge is 0.296 e. The minimum atomic E-state index is -3.10. The van der Waals surface area contributed by atoms with E-state index in [0.717, 1.165) is 0 Å². The molecule has 0 saturated heterocycles. The molecule has 0 aliphatic rings. The highest BCUT2D eigenvalue weighted by atomic mass is 35.5. The van der Waals surface area contributed by atoms with Gasteiger partial charge in [-0.15, -0.1) is 11.6 Å². The van der Waals surface area contributed by atoms with Crippen LogP contribution < -0.4 is 0 Å². The SMILES string of the molecule is CCS(=O)(=O)CCN(CCCl)CC(F)F. The van der Waals surface area contributed by atoms with E-state index in [4.69, 9.17) is 11.6 Å².